The molecule has 0 aromatic heterocycles. The fraction of sp³-hybridized carbons (Fsp3) is 0.588. The summed E-state index contributed by atoms with van der Waals surface area (Å²) in [7, 11) is -3.57. The Morgan fingerprint density at radius 3 is 2.56 bits per heavy atom. The summed E-state index contributed by atoms with van der Waals surface area (Å²) in [6.07, 6.45) is 2.22. The number of hydrogen-bond acceptors (Lipinski definition) is 4. The van der Waals surface area contributed by atoms with E-state index in [1.807, 2.05) is 6.92 Å². The van der Waals surface area contributed by atoms with Gasteiger partial charge in [0.2, 0.25) is 15.9 Å². The van der Waals surface area contributed by atoms with Crippen LogP contribution in [0.5, 0.6) is 0 Å². The van der Waals surface area contributed by atoms with Crippen molar-refractivity contribution in [2.75, 3.05) is 31.9 Å². The van der Waals surface area contributed by atoms with Gasteiger partial charge in [0.1, 0.15) is 0 Å². The summed E-state index contributed by atoms with van der Waals surface area (Å²) in [5.74, 6) is 1.08. The highest BCUT2D eigenvalue weighted by atomic mass is 35.5. The maximum absolute atomic E-state index is 12.7. The Kier molecular flexibility index (Phi) is 7.61. The van der Waals surface area contributed by atoms with E-state index in [1.165, 1.54) is 10.4 Å². The number of carbonyl (C=O) groups is 1. The molecule has 5 nitrogen and oxygen atoms in total. The number of halogens is 1. The quantitative estimate of drug-likeness (QED) is 0.655. The lowest BCUT2D eigenvalue weighted by atomic mass is 10.3. The van der Waals surface area contributed by atoms with Gasteiger partial charge in [-0.05, 0) is 37.3 Å². The molecule has 2 rings (SSSR count). The van der Waals surface area contributed by atoms with E-state index >= 15 is 0 Å². The SMILES string of the molecule is CCCCSC(C)C(=O)N1CCN(S(=O)(=O)c2cccc(Cl)c2)CC1. The fourth-order valence-electron chi connectivity index (χ4n) is 2.66. The van der Waals surface area contributed by atoms with Gasteiger partial charge in [-0.2, -0.15) is 4.31 Å². The van der Waals surface area contributed by atoms with Gasteiger partial charge in [0.15, 0.2) is 0 Å². The Labute approximate surface area is 159 Å². The first kappa shape index (κ1) is 20.6. The van der Waals surface area contributed by atoms with E-state index in [0.717, 1.165) is 18.6 Å². The van der Waals surface area contributed by atoms with Crippen LogP contribution in [0.3, 0.4) is 0 Å². The third-order valence-electron chi connectivity index (χ3n) is 4.20. The summed E-state index contributed by atoms with van der Waals surface area (Å²) in [5, 5.41) is 0.315. The summed E-state index contributed by atoms with van der Waals surface area (Å²) >= 11 is 7.57. The molecule has 0 spiro atoms. The zero-order valence-corrected chi connectivity index (χ0v) is 17.0. The van der Waals surface area contributed by atoms with Gasteiger partial charge in [-0.1, -0.05) is 31.0 Å². The van der Waals surface area contributed by atoms with Crippen LogP contribution in [0.25, 0.3) is 0 Å². The van der Waals surface area contributed by atoms with E-state index in [4.69, 9.17) is 11.6 Å². The lowest BCUT2D eigenvalue weighted by molar-refractivity contribution is -0.131. The molecule has 1 heterocycles. The maximum Gasteiger partial charge on any atom is 0.243 e. The number of sulfonamides is 1. The van der Waals surface area contributed by atoms with Crippen molar-refractivity contribution in [3.63, 3.8) is 0 Å². The molecule has 25 heavy (non-hydrogen) atoms. The molecular weight excluding hydrogens is 380 g/mol. The summed E-state index contributed by atoms with van der Waals surface area (Å²) < 4.78 is 26.8. The average molecular weight is 405 g/mol. The lowest BCUT2D eigenvalue weighted by Crippen LogP contribution is -2.52. The highest BCUT2D eigenvalue weighted by molar-refractivity contribution is 8.00. The molecule has 0 bridgehead atoms. The minimum absolute atomic E-state index is 0.0809. The van der Waals surface area contributed by atoms with Crippen LogP contribution in [0.15, 0.2) is 29.2 Å². The topological polar surface area (TPSA) is 57.7 Å². The van der Waals surface area contributed by atoms with Gasteiger partial charge in [-0.15, -0.1) is 11.8 Å². The molecule has 1 aromatic carbocycles. The monoisotopic (exact) mass is 404 g/mol. The number of rotatable bonds is 7. The number of nitrogens with zero attached hydrogens (tertiary/aromatic N) is 2. The summed E-state index contributed by atoms with van der Waals surface area (Å²) in [6.45, 7) is 5.54. The Bertz CT molecular complexity index is 689. The van der Waals surface area contributed by atoms with E-state index in [9.17, 15) is 13.2 Å². The van der Waals surface area contributed by atoms with Crippen molar-refractivity contribution < 1.29 is 13.2 Å². The predicted octanol–water partition coefficient (Wildman–Crippen LogP) is 3.09. The first-order valence-electron chi connectivity index (χ1n) is 8.52. The highest BCUT2D eigenvalue weighted by Crippen LogP contribution is 2.22. The van der Waals surface area contributed by atoms with Crippen molar-refractivity contribution in [3.05, 3.63) is 29.3 Å². The van der Waals surface area contributed by atoms with Crippen LogP contribution in [0, 0.1) is 0 Å². The first-order valence-corrected chi connectivity index (χ1v) is 11.4. The number of thioether (sulfide) groups is 1. The molecule has 0 N–H and O–H groups in total. The molecule has 1 amide bonds. The summed E-state index contributed by atoms with van der Waals surface area (Å²) in [6, 6.07) is 6.28. The first-order chi connectivity index (χ1) is 11.9. The van der Waals surface area contributed by atoms with Crippen LogP contribution in [0.2, 0.25) is 5.02 Å². The number of amides is 1. The van der Waals surface area contributed by atoms with Crippen LogP contribution in [-0.2, 0) is 14.8 Å². The van der Waals surface area contributed by atoms with Gasteiger partial charge in [0, 0.05) is 31.2 Å². The Morgan fingerprint density at radius 1 is 1.28 bits per heavy atom. The molecule has 8 heteroatoms. The fourth-order valence-corrected chi connectivity index (χ4v) is 5.48. The number of piperazine rings is 1. The second-order valence-corrected chi connectivity index (χ2v) is 9.88. The Morgan fingerprint density at radius 2 is 1.96 bits per heavy atom. The molecule has 1 aliphatic heterocycles. The summed E-state index contributed by atoms with van der Waals surface area (Å²) in [5.41, 5.74) is 0. The highest BCUT2D eigenvalue weighted by Gasteiger charge is 2.31. The predicted molar refractivity (Wildman–Crippen MR) is 104 cm³/mol. The van der Waals surface area contributed by atoms with Gasteiger partial charge >= 0.3 is 0 Å². The second-order valence-electron chi connectivity index (χ2n) is 6.05. The van der Waals surface area contributed by atoms with E-state index in [0.29, 0.717) is 31.2 Å². The maximum atomic E-state index is 12.7. The standard InChI is InChI=1S/C17H25ClN2O3S2/c1-3-4-12-24-14(2)17(21)19-8-10-20(11-9-19)25(22,23)16-7-5-6-15(18)13-16/h5-7,13-14H,3-4,8-12H2,1-2H3. The van der Waals surface area contributed by atoms with Crippen molar-refractivity contribution in [2.24, 2.45) is 0 Å². The van der Waals surface area contributed by atoms with Crippen LogP contribution in [0.4, 0.5) is 0 Å². The van der Waals surface area contributed by atoms with E-state index in [2.05, 4.69) is 6.92 Å². The van der Waals surface area contributed by atoms with Crippen molar-refractivity contribution in [1.29, 1.82) is 0 Å². The molecule has 1 unspecified atom stereocenters. The molecular formula is C17H25ClN2O3S2. The molecule has 1 aromatic rings. The third kappa shape index (κ3) is 5.36. The van der Waals surface area contributed by atoms with Gasteiger partial charge < -0.3 is 4.90 Å². The Balaban J connectivity index is 1.93. The van der Waals surface area contributed by atoms with Crippen molar-refractivity contribution in [3.8, 4) is 0 Å². The van der Waals surface area contributed by atoms with Crippen LogP contribution >= 0.6 is 23.4 Å². The van der Waals surface area contributed by atoms with Crippen LogP contribution < -0.4 is 0 Å². The number of benzene rings is 1. The number of hydrogen-bond donors (Lipinski definition) is 0. The number of unbranched alkanes of at least 4 members (excludes halogenated alkanes) is 1. The van der Waals surface area contributed by atoms with Gasteiger partial charge in [-0.3, -0.25) is 4.79 Å². The Hall–Kier alpha value is -0.760. The van der Waals surface area contributed by atoms with Crippen LogP contribution in [0.1, 0.15) is 26.7 Å². The van der Waals surface area contributed by atoms with Crippen molar-refractivity contribution in [2.45, 2.75) is 36.8 Å². The zero-order valence-electron chi connectivity index (χ0n) is 14.7. The molecule has 0 radical (unpaired) electrons. The van der Waals surface area contributed by atoms with E-state index in [-0.39, 0.29) is 16.1 Å². The smallest absolute Gasteiger partial charge is 0.243 e. The number of carbonyl (C=O) groups excluding carboxylic acids is 1. The molecule has 140 valence electrons. The van der Waals surface area contributed by atoms with Crippen molar-refractivity contribution in [1.82, 2.24) is 9.21 Å². The molecule has 1 atom stereocenters. The molecule has 0 saturated carbocycles. The van der Waals surface area contributed by atoms with Crippen LogP contribution in [-0.4, -0.2) is 60.7 Å². The summed E-state index contributed by atoms with van der Waals surface area (Å²) in [4.78, 5) is 14.5. The van der Waals surface area contributed by atoms with Gasteiger partial charge in [0.25, 0.3) is 0 Å². The van der Waals surface area contributed by atoms with E-state index in [1.54, 1.807) is 34.9 Å². The third-order valence-corrected chi connectivity index (χ3v) is 7.55. The molecule has 1 aliphatic rings. The zero-order chi connectivity index (χ0) is 18.4. The molecule has 1 saturated heterocycles. The normalized spacial score (nSPS) is 17.5. The van der Waals surface area contributed by atoms with Gasteiger partial charge in [-0.25, -0.2) is 8.42 Å². The lowest BCUT2D eigenvalue weighted by Gasteiger charge is -2.35. The second kappa shape index (κ2) is 9.26. The largest absolute Gasteiger partial charge is 0.339 e. The average Bonchev–Trinajstić information content (AvgIpc) is 2.61. The minimum atomic E-state index is -3.57. The van der Waals surface area contributed by atoms with E-state index < -0.39 is 10.0 Å². The molecule has 0 aliphatic carbocycles. The molecule has 1 fully saturated rings. The van der Waals surface area contributed by atoms with Crippen molar-refractivity contribution >= 4 is 39.3 Å². The van der Waals surface area contributed by atoms with Gasteiger partial charge in [0.05, 0.1) is 10.1 Å². The minimum Gasteiger partial charge on any atom is -0.339 e.